The van der Waals surface area contributed by atoms with Gasteiger partial charge in [0.2, 0.25) is 0 Å². The van der Waals surface area contributed by atoms with Crippen LogP contribution in [-0.2, 0) is 6.54 Å². The van der Waals surface area contributed by atoms with Crippen LogP contribution in [0.25, 0.3) is 11.3 Å². The average molecular weight is 288 g/mol. The lowest BCUT2D eigenvalue weighted by atomic mass is 10.1. The molecule has 0 saturated heterocycles. The zero-order chi connectivity index (χ0) is 15.4. The molecule has 0 radical (unpaired) electrons. The van der Waals surface area contributed by atoms with Gasteiger partial charge in [-0.25, -0.2) is 4.68 Å². The second-order valence-electron chi connectivity index (χ2n) is 4.29. The standard InChI is InChI=1S/C15H16N2O4/c1-4-17-15(19)10(9-18)7-13(16-17)12-8-11(20-2)5-6-14(12)21-3/h5-9H,4H2,1-3H3. The third kappa shape index (κ3) is 2.79. The van der Waals surface area contributed by atoms with E-state index in [9.17, 15) is 9.59 Å². The van der Waals surface area contributed by atoms with Crippen molar-refractivity contribution >= 4 is 6.29 Å². The molecule has 21 heavy (non-hydrogen) atoms. The molecule has 1 aromatic carbocycles. The van der Waals surface area contributed by atoms with E-state index in [0.29, 0.717) is 35.6 Å². The molecular formula is C15H16N2O4. The highest BCUT2D eigenvalue weighted by molar-refractivity contribution is 5.78. The van der Waals surface area contributed by atoms with Crippen LogP contribution < -0.4 is 15.0 Å². The first-order valence-corrected chi connectivity index (χ1v) is 6.44. The van der Waals surface area contributed by atoms with E-state index in [0.717, 1.165) is 0 Å². The van der Waals surface area contributed by atoms with E-state index in [4.69, 9.17) is 9.47 Å². The summed E-state index contributed by atoms with van der Waals surface area (Å²) in [5, 5.41) is 4.26. The van der Waals surface area contributed by atoms with E-state index in [1.807, 2.05) is 0 Å². The first-order chi connectivity index (χ1) is 10.1. The van der Waals surface area contributed by atoms with Crippen LogP contribution in [0.2, 0.25) is 0 Å². The van der Waals surface area contributed by atoms with Crippen LogP contribution in [0.3, 0.4) is 0 Å². The molecule has 110 valence electrons. The van der Waals surface area contributed by atoms with Crippen LogP contribution in [0.5, 0.6) is 11.5 Å². The fourth-order valence-corrected chi connectivity index (χ4v) is 2.01. The minimum atomic E-state index is -0.405. The Labute approximate surface area is 121 Å². The molecule has 6 heteroatoms. The van der Waals surface area contributed by atoms with Gasteiger partial charge in [-0.3, -0.25) is 9.59 Å². The first-order valence-electron chi connectivity index (χ1n) is 6.44. The predicted molar refractivity (Wildman–Crippen MR) is 78.1 cm³/mol. The second kappa shape index (κ2) is 6.21. The maximum atomic E-state index is 11.9. The number of methoxy groups -OCH3 is 2. The van der Waals surface area contributed by atoms with Crippen molar-refractivity contribution in [2.24, 2.45) is 0 Å². The predicted octanol–water partition coefficient (Wildman–Crippen LogP) is 1.76. The molecule has 0 spiro atoms. The third-order valence-electron chi connectivity index (χ3n) is 3.11. The highest BCUT2D eigenvalue weighted by Crippen LogP contribution is 2.32. The van der Waals surface area contributed by atoms with E-state index >= 15 is 0 Å². The molecule has 1 aromatic heterocycles. The number of rotatable bonds is 5. The van der Waals surface area contributed by atoms with Gasteiger partial charge in [-0.2, -0.15) is 5.10 Å². The van der Waals surface area contributed by atoms with Gasteiger partial charge in [-0.1, -0.05) is 0 Å². The molecule has 2 aromatic rings. The summed E-state index contributed by atoms with van der Waals surface area (Å²) < 4.78 is 11.7. The third-order valence-corrected chi connectivity index (χ3v) is 3.11. The number of carbonyl (C=O) groups is 1. The van der Waals surface area contributed by atoms with Crippen molar-refractivity contribution in [3.63, 3.8) is 0 Å². The van der Waals surface area contributed by atoms with Gasteiger partial charge in [0.05, 0.1) is 25.5 Å². The number of benzene rings is 1. The summed E-state index contributed by atoms with van der Waals surface area (Å²) in [6.07, 6.45) is 0.534. The number of hydrogen-bond acceptors (Lipinski definition) is 5. The smallest absolute Gasteiger partial charge is 0.277 e. The molecule has 0 unspecified atom stereocenters. The Morgan fingerprint density at radius 3 is 2.57 bits per heavy atom. The SMILES string of the molecule is CCn1nc(-c2cc(OC)ccc2OC)cc(C=O)c1=O. The lowest BCUT2D eigenvalue weighted by Gasteiger charge is -2.11. The number of ether oxygens (including phenoxy) is 2. The highest BCUT2D eigenvalue weighted by Gasteiger charge is 2.13. The fraction of sp³-hybridized carbons (Fsp3) is 0.267. The van der Waals surface area contributed by atoms with Crippen molar-refractivity contribution in [3.05, 3.63) is 40.2 Å². The lowest BCUT2D eigenvalue weighted by Crippen LogP contribution is -2.25. The molecule has 6 nitrogen and oxygen atoms in total. The summed E-state index contributed by atoms with van der Waals surface area (Å²) in [7, 11) is 3.10. The first kappa shape index (κ1) is 14.8. The molecule has 0 aliphatic heterocycles. The number of aryl methyl sites for hydroxylation is 1. The Kier molecular flexibility index (Phi) is 4.37. The van der Waals surface area contributed by atoms with Gasteiger partial charge in [-0.05, 0) is 31.2 Å². The molecule has 0 N–H and O–H groups in total. The van der Waals surface area contributed by atoms with Crippen molar-refractivity contribution < 1.29 is 14.3 Å². The van der Waals surface area contributed by atoms with Gasteiger partial charge in [0.15, 0.2) is 6.29 Å². The number of nitrogens with zero attached hydrogens (tertiary/aromatic N) is 2. The Hall–Kier alpha value is -2.63. The van der Waals surface area contributed by atoms with E-state index < -0.39 is 5.56 Å². The molecule has 2 rings (SSSR count). The number of aldehydes is 1. The summed E-state index contributed by atoms with van der Waals surface area (Å²) in [5.74, 6) is 1.22. The topological polar surface area (TPSA) is 70.4 Å². The van der Waals surface area contributed by atoms with Crippen LogP contribution in [0, 0.1) is 0 Å². The highest BCUT2D eigenvalue weighted by atomic mass is 16.5. The molecular weight excluding hydrogens is 272 g/mol. The van der Waals surface area contributed by atoms with Crippen LogP contribution in [0.1, 0.15) is 17.3 Å². The molecule has 0 saturated carbocycles. The summed E-state index contributed by atoms with van der Waals surface area (Å²) in [4.78, 5) is 23.0. The van der Waals surface area contributed by atoms with Crippen LogP contribution >= 0.6 is 0 Å². The van der Waals surface area contributed by atoms with Gasteiger partial charge in [0.25, 0.3) is 5.56 Å². The summed E-state index contributed by atoms with van der Waals surface area (Å²) in [6, 6.07) is 6.72. The van der Waals surface area contributed by atoms with E-state index in [2.05, 4.69) is 5.10 Å². The molecule has 0 bridgehead atoms. The van der Waals surface area contributed by atoms with Crippen molar-refractivity contribution in [2.75, 3.05) is 14.2 Å². The molecule has 0 fully saturated rings. The average Bonchev–Trinajstić information content (AvgIpc) is 2.54. The van der Waals surface area contributed by atoms with Gasteiger partial charge in [0, 0.05) is 12.1 Å². The number of carbonyl (C=O) groups excluding carboxylic acids is 1. The molecule has 0 aliphatic rings. The largest absolute Gasteiger partial charge is 0.497 e. The van der Waals surface area contributed by atoms with Gasteiger partial charge < -0.3 is 9.47 Å². The minimum Gasteiger partial charge on any atom is -0.497 e. The quantitative estimate of drug-likeness (QED) is 0.784. The zero-order valence-electron chi connectivity index (χ0n) is 12.1. The van der Waals surface area contributed by atoms with Crippen LogP contribution in [0.4, 0.5) is 0 Å². The Balaban J connectivity index is 2.71. The Bertz CT molecular complexity index is 722. The van der Waals surface area contributed by atoms with Crippen molar-refractivity contribution in [1.29, 1.82) is 0 Å². The molecule has 1 heterocycles. The summed E-state index contributed by atoms with van der Waals surface area (Å²) in [5.41, 5.74) is 0.793. The van der Waals surface area contributed by atoms with E-state index in [1.54, 1.807) is 39.3 Å². The second-order valence-corrected chi connectivity index (χ2v) is 4.29. The maximum Gasteiger partial charge on any atom is 0.277 e. The van der Waals surface area contributed by atoms with E-state index in [1.165, 1.54) is 10.7 Å². The summed E-state index contributed by atoms with van der Waals surface area (Å²) >= 11 is 0. The van der Waals surface area contributed by atoms with E-state index in [-0.39, 0.29) is 5.56 Å². The van der Waals surface area contributed by atoms with Gasteiger partial charge in [-0.15, -0.1) is 0 Å². The fourth-order valence-electron chi connectivity index (χ4n) is 2.01. The Morgan fingerprint density at radius 2 is 2.00 bits per heavy atom. The number of aromatic nitrogens is 2. The monoisotopic (exact) mass is 288 g/mol. The van der Waals surface area contributed by atoms with Crippen LogP contribution in [0.15, 0.2) is 29.1 Å². The number of hydrogen-bond donors (Lipinski definition) is 0. The lowest BCUT2D eigenvalue weighted by molar-refractivity contribution is 0.112. The van der Waals surface area contributed by atoms with Crippen molar-refractivity contribution in [3.8, 4) is 22.8 Å². The Morgan fingerprint density at radius 1 is 1.24 bits per heavy atom. The zero-order valence-corrected chi connectivity index (χ0v) is 12.1. The molecule has 0 atom stereocenters. The molecule has 0 aliphatic carbocycles. The van der Waals surface area contributed by atoms with Crippen LogP contribution in [-0.4, -0.2) is 30.3 Å². The normalized spacial score (nSPS) is 10.2. The summed E-state index contributed by atoms with van der Waals surface area (Å²) in [6.45, 7) is 2.16. The van der Waals surface area contributed by atoms with Gasteiger partial charge >= 0.3 is 0 Å². The molecule has 0 amide bonds. The van der Waals surface area contributed by atoms with Crippen molar-refractivity contribution in [2.45, 2.75) is 13.5 Å². The van der Waals surface area contributed by atoms with Gasteiger partial charge in [0.1, 0.15) is 11.5 Å². The maximum absolute atomic E-state index is 11.9. The minimum absolute atomic E-state index is 0.0618. The van der Waals surface area contributed by atoms with Crippen molar-refractivity contribution in [1.82, 2.24) is 9.78 Å².